The first-order valence-electron chi connectivity index (χ1n) is 4.67. The van der Waals surface area contributed by atoms with Crippen LogP contribution in [0.3, 0.4) is 0 Å². The molecule has 0 unspecified atom stereocenters. The first-order valence-corrected chi connectivity index (χ1v) is 5.05. The van der Waals surface area contributed by atoms with Crippen LogP contribution in [0.2, 0.25) is 5.02 Å². The molecule has 0 aliphatic rings. The molecule has 82 valence electrons. The van der Waals surface area contributed by atoms with Crippen molar-refractivity contribution in [1.29, 1.82) is 0 Å². The van der Waals surface area contributed by atoms with Gasteiger partial charge >= 0.3 is 0 Å². The Morgan fingerprint density at radius 3 is 2.81 bits per heavy atom. The molecule has 0 aliphatic carbocycles. The molecule has 1 aromatic heterocycles. The first-order chi connectivity index (χ1) is 7.65. The van der Waals surface area contributed by atoms with Crippen LogP contribution in [0.25, 0.3) is 0 Å². The molecule has 2 aromatic rings. The monoisotopic (exact) mass is 235 g/mol. The molecule has 5 heteroatoms. The van der Waals surface area contributed by atoms with Crippen LogP contribution in [-0.4, -0.2) is 10.2 Å². The molecule has 0 saturated carbocycles. The van der Waals surface area contributed by atoms with E-state index in [0.717, 1.165) is 5.69 Å². The number of benzene rings is 1. The molecule has 4 nitrogen and oxygen atoms in total. The number of halogens is 1. The van der Waals surface area contributed by atoms with Crippen molar-refractivity contribution in [2.45, 2.75) is 6.92 Å². The Morgan fingerprint density at radius 1 is 1.31 bits per heavy atom. The summed E-state index contributed by atoms with van der Waals surface area (Å²) >= 11 is 5.98. The molecule has 2 rings (SSSR count). The second-order valence-corrected chi connectivity index (χ2v) is 3.73. The van der Waals surface area contributed by atoms with E-state index in [1.165, 1.54) is 6.20 Å². The van der Waals surface area contributed by atoms with Gasteiger partial charge < -0.3 is 10.5 Å². The molecule has 0 aliphatic heterocycles. The molecule has 1 heterocycles. The molecule has 0 bridgehead atoms. The van der Waals surface area contributed by atoms with Crippen LogP contribution in [0.5, 0.6) is 11.5 Å². The fourth-order valence-electron chi connectivity index (χ4n) is 1.23. The fraction of sp³-hybridized carbons (Fsp3) is 0.0909. The minimum atomic E-state index is 0.467. The molecule has 0 amide bonds. The number of ether oxygens (including phenoxy) is 1. The minimum absolute atomic E-state index is 0.467. The highest BCUT2D eigenvalue weighted by atomic mass is 35.5. The van der Waals surface area contributed by atoms with Crippen molar-refractivity contribution in [2.75, 3.05) is 5.73 Å². The van der Waals surface area contributed by atoms with Gasteiger partial charge in [0.25, 0.3) is 0 Å². The maximum absolute atomic E-state index is 5.98. The number of hydrogen-bond donors (Lipinski definition) is 1. The van der Waals surface area contributed by atoms with Gasteiger partial charge in [0.05, 0.1) is 16.9 Å². The minimum Gasteiger partial charge on any atom is -0.454 e. The van der Waals surface area contributed by atoms with Gasteiger partial charge in [0, 0.05) is 11.8 Å². The number of hydrogen-bond acceptors (Lipinski definition) is 4. The summed E-state index contributed by atoms with van der Waals surface area (Å²) in [5.41, 5.74) is 6.96. The number of aromatic nitrogens is 2. The number of nitrogens with two attached hydrogens (primary N) is 1. The summed E-state index contributed by atoms with van der Waals surface area (Å²) in [5.74, 6) is 1.14. The van der Waals surface area contributed by atoms with Gasteiger partial charge in [0.15, 0.2) is 0 Å². The zero-order valence-corrected chi connectivity index (χ0v) is 9.40. The van der Waals surface area contributed by atoms with Gasteiger partial charge in [-0.2, -0.15) is 10.2 Å². The molecule has 1 aromatic carbocycles. The fourth-order valence-corrected chi connectivity index (χ4v) is 1.46. The van der Waals surface area contributed by atoms with Gasteiger partial charge in [-0.05, 0) is 25.1 Å². The topological polar surface area (TPSA) is 61.0 Å². The lowest BCUT2D eigenvalue weighted by atomic mass is 10.3. The van der Waals surface area contributed by atoms with Crippen LogP contribution in [0.4, 0.5) is 5.69 Å². The van der Waals surface area contributed by atoms with E-state index in [1.54, 1.807) is 24.3 Å². The van der Waals surface area contributed by atoms with Crippen LogP contribution in [0.1, 0.15) is 5.69 Å². The van der Waals surface area contributed by atoms with E-state index in [9.17, 15) is 0 Å². The van der Waals surface area contributed by atoms with E-state index in [4.69, 9.17) is 22.1 Å². The number of anilines is 1. The Hall–Kier alpha value is -1.81. The summed E-state index contributed by atoms with van der Waals surface area (Å²) in [6.45, 7) is 1.84. The second kappa shape index (κ2) is 4.37. The molecule has 16 heavy (non-hydrogen) atoms. The predicted octanol–water partition coefficient (Wildman–Crippen LogP) is 2.81. The van der Waals surface area contributed by atoms with Crippen LogP contribution >= 0.6 is 11.6 Å². The summed E-state index contributed by atoms with van der Waals surface area (Å²) in [6.07, 6.45) is 1.53. The molecule has 0 spiro atoms. The Bertz CT molecular complexity index is 516. The maximum Gasteiger partial charge on any atom is 0.149 e. The van der Waals surface area contributed by atoms with Gasteiger partial charge in [-0.3, -0.25) is 0 Å². The van der Waals surface area contributed by atoms with Crippen LogP contribution in [0, 0.1) is 6.92 Å². The summed E-state index contributed by atoms with van der Waals surface area (Å²) in [7, 11) is 0. The summed E-state index contributed by atoms with van der Waals surface area (Å²) in [4.78, 5) is 0. The summed E-state index contributed by atoms with van der Waals surface area (Å²) in [6, 6.07) is 6.86. The van der Waals surface area contributed by atoms with Gasteiger partial charge in [-0.25, -0.2) is 0 Å². The Labute approximate surface area is 98.0 Å². The van der Waals surface area contributed by atoms with Crippen molar-refractivity contribution in [3.8, 4) is 11.5 Å². The van der Waals surface area contributed by atoms with E-state index < -0.39 is 0 Å². The molecule has 0 fully saturated rings. The lowest BCUT2D eigenvalue weighted by Gasteiger charge is -2.07. The third-order valence-electron chi connectivity index (χ3n) is 1.94. The second-order valence-electron chi connectivity index (χ2n) is 3.32. The molecule has 0 radical (unpaired) electrons. The molecular weight excluding hydrogens is 226 g/mol. The first kappa shape index (κ1) is 10.7. The van der Waals surface area contributed by atoms with Crippen molar-refractivity contribution < 1.29 is 4.74 Å². The summed E-state index contributed by atoms with van der Waals surface area (Å²) < 4.78 is 5.55. The van der Waals surface area contributed by atoms with Crippen LogP contribution in [0.15, 0.2) is 30.5 Å². The Kier molecular flexibility index (Phi) is 2.92. The van der Waals surface area contributed by atoms with E-state index in [2.05, 4.69) is 10.2 Å². The van der Waals surface area contributed by atoms with Crippen molar-refractivity contribution in [3.63, 3.8) is 0 Å². The largest absolute Gasteiger partial charge is 0.454 e. The SMILES string of the molecule is Cc1cc(Oc2ccc(N)cc2Cl)cnn1. The highest BCUT2D eigenvalue weighted by Crippen LogP contribution is 2.30. The van der Waals surface area contributed by atoms with Gasteiger partial charge in [0.1, 0.15) is 11.5 Å². The van der Waals surface area contributed by atoms with Crippen molar-refractivity contribution in [3.05, 3.63) is 41.2 Å². The lowest BCUT2D eigenvalue weighted by molar-refractivity contribution is 0.478. The zero-order chi connectivity index (χ0) is 11.5. The molecule has 2 N–H and O–H groups in total. The average molecular weight is 236 g/mol. The van der Waals surface area contributed by atoms with Crippen molar-refractivity contribution >= 4 is 17.3 Å². The molecule has 0 atom stereocenters. The quantitative estimate of drug-likeness (QED) is 0.813. The van der Waals surface area contributed by atoms with Gasteiger partial charge in [-0.1, -0.05) is 11.6 Å². The zero-order valence-electron chi connectivity index (χ0n) is 8.64. The van der Waals surface area contributed by atoms with E-state index >= 15 is 0 Å². The van der Waals surface area contributed by atoms with Crippen molar-refractivity contribution in [2.24, 2.45) is 0 Å². The summed E-state index contributed by atoms with van der Waals surface area (Å²) in [5, 5.41) is 8.09. The average Bonchev–Trinajstić information content (AvgIpc) is 2.22. The van der Waals surface area contributed by atoms with Crippen LogP contribution < -0.4 is 10.5 Å². The standard InChI is InChI=1S/C11H10ClN3O/c1-7-4-9(6-14-15-7)16-11-3-2-8(13)5-10(11)12/h2-6H,13H2,1H3. The normalized spacial score (nSPS) is 10.1. The number of nitrogens with zero attached hydrogens (tertiary/aromatic N) is 2. The number of rotatable bonds is 2. The molecule has 0 saturated heterocycles. The Balaban J connectivity index is 2.27. The van der Waals surface area contributed by atoms with Crippen molar-refractivity contribution in [1.82, 2.24) is 10.2 Å². The highest BCUT2D eigenvalue weighted by molar-refractivity contribution is 6.32. The van der Waals surface area contributed by atoms with E-state index in [-0.39, 0.29) is 0 Å². The van der Waals surface area contributed by atoms with E-state index in [0.29, 0.717) is 22.2 Å². The third kappa shape index (κ3) is 2.41. The predicted molar refractivity (Wildman–Crippen MR) is 62.7 cm³/mol. The number of aryl methyl sites for hydroxylation is 1. The Morgan fingerprint density at radius 2 is 2.12 bits per heavy atom. The maximum atomic E-state index is 5.98. The van der Waals surface area contributed by atoms with Gasteiger partial charge in [0.2, 0.25) is 0 Å². The lowest BCUT2D eigenvalue weighted by Crippen LogP contribution is -1.91. The molecular formula is C11H10ClN3O. The van der Waals surface area contributed by atoms with Gasteiger partial charge in [-0.15, -0.1) is 0 Å². The number of nitrogen functional groups attached to an aromatic ring is 1. The highest BCUT2D eigenvalue weighted by Gasteiger charge is 2.04. The third-order valence-corrected chi connectivity index (χ3v) is 2.23. The van der Waals surface area contributed by atoms with Crippen LogP contribution in [-0.2, 0) is 0 Å². The smallest absolute Gasteiger partial charge is 0.149 e. The van der Waals surface area contributed by atoms with E-state index in [1.807, 2.05) is 6.92 Å².